The minimum Gasteiger partial charge on any atom is -0.206 e. The lowest BCUT2D eigenvalue weighted by Gasteiger charge is -2.29. The molecule has 0 amide bonds. The van der Waals surface area contributed by atoms with E-state index in [-0.39, 0.29) is 5.82 Å². The molecule has 0 aromatic heterocycles. The van der Waals surface area contributed by atoms with Crippen LogP contribution in [-0.4, -0.2) is 5.33 Å². The number of halogens is 3. The van der Waals surface area contributed by atoms with Crippen LogP contribution in [0.15, 0.2) is 22.7 Å². The van der Waals surface area contributed by atoms with Gasteiger partial charge in [0.2, 0.25) is 0 Å². The number of rotatable bonds is 3. The van der Waals surface area contributed by atoms with E-state index in [0.29, 0.717) is 9.89 Å². The molecule has 2 unspecified atom stereocenters. The predicted octanol–water partition coefficient (Wildman–Crippen LogP) is 4.94. The summed E-state index contributed by atoms with van der Waals surface area (Å²) in [5.41, 5.74) is 1.67. The van der Waals surface area contributed by atoms with Crippen molar-refractivity contribution < 1.29 is 4.39 Å². The van der Waals surface area contributed by atoms with Crippen LogP contribution in [0, 0.1) is 23.1 Å². The van der Waals surface area contributed by atoms with Crippen LogP contribution in [0.4, 0.5) is 4.39 Å². The molecule has 0 radical (unpaired) electrons. The van der Waals surface area contributed by atoms with E-state index in [0.717, 1.165) is 23.6 Å². The van der Waals surface area contributed by atoms with Crippen molar-refractivity contribution in [3.05, 3.63) is 34.1 Å². The summed E-state index contributed by atoms with van der Waals surface area (Å²) in [6.45, 7) is 0. The maximum Gasteiger partial charge on any atom is 0.137 e. The molecule has 0 N–H and O–H groups in total. The molecule has 2 fully saturated rings. The summed E-state index contributed by atoms with van der Waals surface area (Å²) in [5, 5.41) is 1.07. The Morgan fingerprint density at radius 3 is 2.59 bits per heavy atom. The highest BCUT2D eigenvalue weighted by atomic mass is 79.9. The third-order valence-electron chi connectivity index (χ3n) is 4.31. The molecule has 1 aromatic rings. The lowest BCUT2D eigenvalue weighted by Crippen LogP contribution is -2.23. The summed E-state index contributed by atoms with van der Waals surface area (Å²) in [7, 11) is 0. The van der Waals surface area contributed by atoms with Gasteiger partial charge in [0.15, 0.2) is 0 Å². The van der Waals surface area contributed by atoms with Crippen LogP contribution in [0.25, 0.3) is 0 Å². The van der Waals surface area contributed by atoms with Crippen molar-refractivity contribution in [2.24, 2.45) is 17.3 Å². The van der Waals surface area contributed by atoms with Crippen LogP contribution >= 0.6 is 31.9 Å². The molecule has 17 heavy (non-hydrogen) atoms. The standard InChI is InChI=1S/C14H15Br2F/c15-8-14(6-10-4-11(10)7-14)5-9-1-2-13(17)12(16)3-9/h1-3,10-11H,4-8H2. The summed E-state index contributed by atoms with van der Waals surface area (Å²) < 4.78 is 13.8. The van der Waals surface area contributed by atoms with Crippen molar-refractivity contribution in [3.63, 3.8) is 0 Å². The van der Waals surface area contributed by atoms with Crippen molar-refractivity contribution in [2.75, 3.05) is 5.33 Å². The molecule has 92 valence electrons. The molecular weight excluding hydrogens is 347 g/mol. The van der Waals surface area contributed by atoms with E-state index < -0.39 is 0 Å². The first-order valence-electron chi connectivity index (χ1n) is 6.12. The lowest BCUT2D eigenvalue weighted by molar-refractivity contribution is 0.308. The van der Waals surface area contributed by atoms with Gasteiger partial charge in [-0.15, -0.1) is 0 Å². The van der Waals surface area contributed by atoms with Gasteiger partial charge in [0, 0.05) is 5.33 Å². The molecule has 1 aromatic carbocycles. The Hall–Kier alpha value is 0.110. The van der Waals surface area contributed by atoms with E-state index >= 15 is 0 Å². The van der Waals surface area contributed by atoms with E-state index in [1.807, 2.05) is 12.1 Å². The van der Waals surface area contributed by atoms with Crippen molar-refractivity contribution in [1.82, 2.24) is 0 Å². The Bertz CT molecular complexity index is 434. The van der Waals surface area contributed by atoms with Gasteiger partial charge in [-0.2, -0.15) is 0 Å². The second-order valence-corrected chi connectivity index (χ2v) is 7.14. The van der Waals surface area contributed by atoms with Crippen LogP contribution in [0.2, 0.25) is 0 Å². The Balaban J connectivity index is 1.78. The largest absolute Gasteiger partial charge is 0.206 e. The fourth-order valence-electron chi connectivity index (χ4n) is 3.39. The van der Waals surface area contributed by atoms with Gasteiger partial charge in [-0.25, -0.2) is 4.39 Å². The zero-order valence-corrected chi connectivity index (χ0v) is 12.7. The van der Waals surface area contributed by atoms with Crippen molar-refractivity contribution in [2.45, 2.75) is 25.7 Å². The molecule has 3 rings (SSSR count). The van der Waals surface area contributed by atoms with Crippen molar-refractivity contribution in [1.29, 1.82) is 0 Å². The lowest BCUT2D eigenvalue weighted by atomic mass is 9.79. The maximum absolute atomic E-state index is 13.2. The highest BCUT2D eigenvalue weighted by molar-refractivity contribution is 9.10. The van der Waals surface area contributed by atoms with Gasteiger partial charge in [-0.3, -0.25) is 0 Å². The van der Waals surface area contributed by atoms with Crippen molar-refractivity contribution in [3.8, 4) is 0 Å². The van der Waals surface area contributed by atoms with Gasteiger partial charge in [0.25, 0.3) is 0 Å². The normalized spacial score (nSPS) is 34.8. The third-order valence-corrected chi connectivity index (χ3v) is 6.10. The summed E-state index contributed by atoms with van der Waals surface area (Å²) in [6, 6.07) is 5.43. The quantitative estimate of drug-likeness (QED) is 0.668. The van der Waals surface area contributed by atoms with Crippen LogP contribution in [0.1, 0.15) is 24.8 Å². The summed E-state index contributed by atoms with van der Waals surface area (Å²) in [6.07, 6.45) is 5.21. The van der Waals surface area contributed by atoms with E-state index in [4.69, 9.17) is 0 Å². The van der Waals surface area contributed by atoms with E-state index in [9.17, 15) is 4.39 Å². The smallest absolute Gasteiger partial charge is 0.137 e. The first-order chi connectivity index (χ1) is 8.12. The molecule has 0 saturated heterocycles. The predicted molar refractivity (Wildman–Crippen MR) is 74.9 cm³/mol. The Morgan fingerprint density at radius 2 is 2.00 bits per heavy atom. The number of hydrogen-bond donors (Lipinski definition) is 0. The Kier molecular flexibility index (Phi) is 3.10. The molecular formula is C14H15Br2F. The van der Waals surface area contributed by atoms with Gasteiger partial charge in [0.1, 0.15) is 5.82 Å². The highest BCUT2D eigenvalue weighted by Crippen LogP contribution is 2.61. The topological polar surface area (TPSA) is 0 Å². The molecule has 0 spiro atoms. The van der Waals surface area contributed by atoms with Gasteiger partial charge < -0.3 is 0 Å². The fraction of sp³-hybridized carbons (Fsp3) is 0.571. The van der Waals surface area contributed by atoms with E-state index in [1.54, 1.807) is 6.07 Å². The second-order valence-electron chi connectivity index (χ2n) is 5.72. The summed E-state index contributed by atoms with van der Waals surface area (Å²) >= 11 is 6.96. The molecule has 2 aliphatic carbocycles. The van der Waals surface area contributed by atoms with Gasteiger partial charge >= 0.3 is 0 Å². The summed E-state index contributed by atoms with van der Waals surface area (Å²) in [4.78, 5) is 0. The van der Waals surface area contributed by atoms with Gasteiger partial charge in [-0.05, 0) is 76.6 Å². The monoisotopic (exact) mass is 360 g/mol. The van der Waals surface area contributed by atoms with Crippen LogP contribution < -0.4 is 0 Å². The van der Waals surface area contributed by atoms with Crippen LogP contribution in [0.3, 0.4) is 0 Å². The number of fused-ring (bicyclic) bond motifs is 1. The second kappa shape index (κ2) is 4.34. The fourth-order valence-corrected chi connectivity index (χ4v) is 4.47. The zero-order valence-electron chi connectivity index (χ0n) is 9.56. The van der Waals surface area contributed by atoms with Crippen LogP contribution in [-0.2, 0) is 6.42 Å². The maximum atomic E-state index is 13.2. The van der Waals surface area contributed by atoms with Gasteiger partial charge in [-0.1, -0.05) is 22.0 Å². The molecule has 2 aliphatic rings. The number of alkyl halides is 1. The first-order valence-corrected chi connectivity index (χ1v) is 8.03. The molecule has 0 bridgehead atoms. The molecule has 2 atom stereocenters. The molecule has 0 nitrogen and oxygen atoms in total. The third kappa shape index (κ3) is 2.33. The Labute approximate surface area is 118 Å². The molecule has 2 saturated carbocycles. The SMILES string of the molecule is Fc1ccc(CC2(CBr)CC3CC3C2)cc1Br. The van der Waals surface area contributed by atoms with Crippen LogP contribution in [0.5, 0.6) is 0 Å². The summed E-state index contributed by atoms with van der Waals surface area (Å²) in [5.74, 6) is 1.80. The first kappa shape index (κ1) is 12.2. The molecule has 0 aliphatic heterocycles. The van der Waals surface area contributed by atoms with E-state index in [1.165, 1.54) is 24.8 Å². The Morgan fingerprint density at radius 1 is 1.29 bits per heavy atom. The number of hydrogen-bond acceptors (Lipinski definition) is 0. The average molecular weight is 362 g/mol. The molecule has 0 heterocycles. The molecule has 3 heteroatoms. The zero-order chi connectivity index (χ0) is 12.0. The minimum atomic E-state index is -0.170. The highest BCUT2D eigenvalue weighted by Gasteiger charge is 2.52. The van der Waals surface area contributed by atoms with Crippen molar-refractivity contribution >= 4 is 31.9 Å². The average Bonchev–Trinajstić information content (AvgIpc) is 2.93. The van der Waals surface area contributed by atoms with Gasteiger partial charge in [0.05, 0.1) is 4.47 Å². The number of benzene rings is 1. The van der Waals surface area contributed by atoms with E-state index in [2.05, 4.69) is 31.9 Å². The minimum absolute atomic E-state index is 0.170.